The van der Waals surface area contributed by atoms with Crippen molar-refractivity contribution in [1.82, 2.24) is 0 Å². The standard InChI is InChI=1S/C6H7NS2.ClH/c7-6-4-2-1-3-5(4)8-9-6;/h7H,1-3H2;1H. The monoisotopic (exact) mass is 193 g/mol. The lowest BCUT2D eigenvalue weighted by Gasteiger charge is -1.75. The summed E-state index contributed by atoms with van der Waals surface area (Å²) in [6.07, 6.45) is 3.81. The predicted molar refractivity (Wildman–Crippen MR) is 39.3 cm³/mol. The van der Waals surface area contributed by atoms with E-state index in [9.17, 15) is 0 Å². The third-order valence-electron chi connectivity index (χ3n) is 1.70. The van der Waals surface area contributed by atoms with Crippen LogP contribution in [0.25, 0.3) is 0 Å². The minimum atomic E-state index is 0. The number of nitrogens with two attached hydrogens (primary N) is 1. The molecule has 2 rings (SSSR count). The smallest absolute Gasteiger partial charge is 0.267 e. The molecule has 4 heteroatoms. The van der Waals surface area contributed by atoms with Crippen molar-refractivity contribution in [3.05, 3.63) is 15.1 Å². The van der Waals surface area contributed by atoms with Gasteiger partial charge in [-0.2, -0.15) is 0 Å². The lowest BCUT2D eigenvalue weighted by molar-refractivity contribution is -0.167. The van der Waals surface area contributed by atoms with Crippen LogP contribution in [0.2, 0.25) is 0 Å². The number of rotatable bonds is 0. The molecule has 1 aliphatic rings. The fourth-order valence-corrected chi connectivity index (χ4v) is 3.76. The lowest BCUT2D eigenvalue weighted by Crippen LogP contribution is -3.00. The summed E-state index contributed by atoms with van der Waals surface area (Å²) in [5.74, 6) is 0. The van der Waals surface area contributed by atoms with Gasteiger partial charge in [-0.25, -0.2) is 5.41 Å². The lowest BCUT2D eigenvalue weighted by atomic mass is 10.3. The number of aryl methyl sites for hydroxylation is 1. The summed E-state index contributed by atoms with van der Waals surface area (Å²) in [5.41, 5.74) is 1.45. The van der Waals surface area contributed by atoms with E-state index in [0.717, 1.165) is 4.67 Å². The maximum Gasteiger partial charge on any atom is 0.267 e. The fourth-order valence-electron chi connectivity index (χ4n) is 1.21. The van der Waals surface area contributed by atoms with Gasteiger partial charge in [-0.1, -0.05) is 10.3 Å². The number of hydrogen-bond donors (Lipinski definition) is 1. The van der Waals surface area contributed by atoms with Crippen molar-refractivity contribution in [2.75, 3.05) is 0 Å². The van der Waals surface area contributed by atoms with Gasteiger partial charge in [0.2, 0.25) is 0 Å². The van der Waals surface area contributed by atoms with Crippen molar-refractivity contribution in [2.24, 2.45) is 0 Å². The molecule has 0 aliphatic heterocycles. The summed E-state index contributed by atoms with van der Waals surface area (Å²) in [4.78, 5) is 1.54. The van der Waals surface area contributed by atoms with Gasteiger partial charge in [-0.05, 0) is 29.6 Å². The Morgan fingerprint density at radius 2 is 2.00 bits per heavy atom. The van der Waals surface area contributed by atoms with Crippen molar-refractivity contribution in [2.45, 2.75) is 19.3 Å². The van der Waals surface area contributed by atoms with E-state index in [1.54, 1.807) is 10.3 Å². The molecule has 0 aromatic carbocycles. The Balaban J connectivity index is 0.000000500. The molecule has 1 aliphatic carbocycles. The van der Waals surface area contributed by atoms with Crippen LogP contribution in [-0.2, 0) is 12.8 Å². The van der Waals surface area contributed by atoms with Crippen LogP contribution >= 0.6 is 20.7 Å². The molecule has 0 amide bonds. The Labute approximate surface area is 73.0 Å². The zero-order chi connectivity index (χ0) is 6.27. The van der Waals surface area contributed by atoms with E-state index in [2.05, 4.69) is 0 Å². The molecule has 56 valence electrons. The van der Waals surface area contributed by atoms with E-state index in [0.29, 0.717) is 0 Å². The summed E-state index contributed by atoms with van der Waals surface area (Å²) in [7, 11) is 3.58. The first-order valence-electron chi connectivity index (χ1n) is 3.07. The minimum Gasteiger partial charge on any atom is -1.00 e. The fraction of sp³-hybridized carbons (Fsp3) is 0.500. The maximum atomic E-state index is 5.72. The first-order valence-corrected chi connectivity index (χ1v) is 5.22. The molecule has 0 unspecified atom stereocenters. The van der Waals surface area contributed by atoms with Gasteiger partial charge in [0, 0.05) is 10.4 Å². The van der Waals surface area contributed by atoms with E-state index in [4.69, 9.17) is 5.41 Å². The van der Waals surface area contributed by atoms with Crippen LogP contribution in [0.3, 0.4) is 0 Å². The Morgan fingerprint density at radius 3 is 2.70 bits per heavy atom. The number of hydrogen-bond acceptors (Lipinski definition) is 2. The molecule has 0 spiro atoms. The Bertz CT molecular complexity index is 276. The summed E-state index contributed by atoms with van der Waals surface area (Å²) in [6, 6.07) is 0. The van der Waals surface area contributed by atoms with E-state index in [1.807, 2.05) is 10.3 Å². The van der Waals surface area contributed by atoms with Gasteiger partial charge in [0.15, 0.2) is 0 Å². The second-order valence-electron chi connectivity index (χ2n) is 2.29. The van der Waals surface area contributed by atoms with Crippen LogP contribution in [0, 0.1) is 0 Å². The molecular formula is C6H8ClNS2. The van der Waals surface area contributed by atoms with Crippen LogP contribution < -0.4 is 22.5 Å². The minimum absolute atomic E-state index is 0. The van der Waals surface area contributed by atoms with Crippen molar-refractivity contribution in [3.8, 4) is 0 Å². The second kappa shape index (κ2) is 3.03. The van der Waals surface area contributed by atoms with Crippen LogP contribution in [0.15, 0.2) is 0 Å². The van der Waals surface area contributed by atoms with Gasteiger partial charge in [0.25, 0.3) is 4.67 Å². The molecule has 1 aromatic rings. The molecule has 10 heavy (non-hydrogen) atoms. The third kappa shape index (κ3) is 1.13. The highest BCUT2D eigenvalue weighted by atomic mass is 35.5. The molecule has 0 saturated carbocycles. The van der Waals surface area contributed by atoms with Crippen LogP contribution in [-0.4, -0.2) is 0 Å². The molecule has 1 heterocycles. The summed E-state index contributed by atoms with van der Waals surface area (Å²) >= 11 is 0. The first kappa shape index (κ1) is 8.24. The quantitative estimate of drug-likeness (QED) is 0.425. The second-order valence-corrected chi connectivity index (χ2v) is 4.55. The van der Waals surface area contributed by atoms with E-state index in [1.165, 1.54) is 29.7 Å². The van der Waals surface area contributed by atoms with Crippen molar-refractivity contribution < 1.29 is 17.8 Å². The highest BCUT2D eigenvalue weighted by molar-refractivity contribution is 7.68. The average Bonchev–Trinajstić information content (AvgIpc) is 2.35. The molecule has 0 bridgehead atoms. The zero-order valence-corrected chi connectivity index (χ0v) is 7.78. The van der Waals surface area contributed by atoms with Crippen LogP contribution in [0.4, 0.5) is 0 Å². The van der Waals surface area contributed by atoms with Crippen molar-refractivity contribution in [3.63, 3.8) is 0 Å². The normalized spacial score (nSPS) is 14.4. The van der Waals surface area contributed by atoms with E-state index >= 15 is 0 Å². The van der Waals surface area contributed by atoms with Gasteiger partial charge in [0.1, 0.15) is 0 Å². The highest BCUT2D eigenvalue weighted by Crippen LogP contribution is 2.24. The van der Waals surface area contributed by atoms with Gasteiger partial charge >= 0.3 is 0 Å². The van der Waals surface area contributed by atoms with Crippen LogP contribution in [0.1, 0.15) is 16.9 Å². The van der Waals surface area contributed by atoms with Crippen molar-refractivity contribution >= 4 is 20.7 Å². The van der Waals surface area contributed by atoms with Crippen molar-refractivity contribution in [1.29, 1.82) is 0 Å². The predicted octanol–water partition coefficient (Wildman–Crippen LogP) is -3.04. The highest BCUT2D eigenvalue weighted by Gasteiger charge is 2.16. The summed E-state index contributed by atoms with van der Waals surface area (Å²) < 4.78 is 1.06. The maximum absolute atomic E-state index is 5.72. The molecule has 0 atom stereocenters. The topological polar surface area (TPSA) is 25.6 Å². The van der Waals surface area contributed by atoms with Gasteiger partial charge in [0.05, 0.1) is 0 Å². The summed E-state index contributed by atoms with van der Waals surface area (Å²) in [5, 5.41) is 5.72. The van der Waals surface area contributed by atoms with Gasteiger partial charge in [-0.15, -0.1) is 0 Å². The molecule has 0 saturated heterocycles. The third-order valence-corrected chi connectivity index (χ3v) is 4.25. The molecule has 1 nitrogen and oxygen atoms in total. The number of halogens is 1. The molecule has 2 N–H and O–H groups in total. The molecule has 0 radical (unpaired) electrons. The first-order chi connectivity index (χ1) is 4.38. The SMILES string of the molecule is [Cl-].[NH2+]=c1ssc2c1CCC2. The summed E-state index contributed by atoms with van der Waals surface area (Å²) in [6.45, 7) is 0. The zero-order valence-electron chi connectivity index (χ0n) is 5.39. The van der Waals surface area contributed by atoms with E-state index < -0.39 is 0 Å². The Kier molecular flexibility index (Phi) is 2.50. The molecule has 1 aromatic heterocycles. The Hall–Kier alpha value is 0.140. The van der Waals surface area contributed by atoms with Gasteiger partial charge in [-0.3, -0.25) is 0 Å². The van der Waals surface area contributed by atoms with E-state index in [-0.39, 0.29) is 12.4 Å². The number of fused-ring (bicyclic) bond motifs is 1. The molecular weight excluding hydrogens is 186 g/mol. The Morgan fingerprint density at radius 1 is 1.20 bits per heavy atom. The molecule has 0 fully saturated rings. The largest absolute Gasteiger partial charge is 1.00 e. The average molecular weight is 194 g/mol. The van der Waals surface area contributed by atoms with Crippen LogP contribution in [0.5, 0.6) is 0 Å². The van der Waals surface area contributed by atoms with Gasteiger partial charge < -0.3 is 12.4 Å².